The van der Waals surface area contributed by atoms with Crippen molar-refractivity contribution in [2.45, 2.75) is 18.6 Å². The van der Waals surface area contributed by atoms with Gasteiger partial charge < -0.3 is 15.3 Å². The van der Waals surface area contributed by atoms with Gasteiger partial charge in [0.1, 0.15) is 6.10 Å². The third-order valence-electron chi connectivity index (χ3n) is 2.31. The Hall–Kier alpha value is -1.37. The lowest BCUT2D eigenvalue weighted by molar-refractivity contribution is -0.386. The molecule has 0 heterocycles. The lowest BCUT2D eigenvalue weighted by Gasteiger charge is -2.16. The molecule has 0 aliphatic heterocycles. The van der Waals surface area contributed by atoms with Gasteiger partial charge in [-0.15, -0.1) is 11.6 Å². The molecule has 1 aromatic rings. The Kier molecular flexibility index (Phi) is 4.68. The van der Waals surface area contributed by atoms with Crippen LogP contribution in [-0.2, 0) is 0 Å². The summed E-state index contributed by atoms with van der Waals surface area (Å²) in [6.07, 6.45) is -2.21. The van der Waals surface area contributed by atoms with Gasteiger partial charge in [0.2, 0.25) is 0 Å². The molecule has 0 aliphatic rings. The molecular formula is C10H12ClNO5. The van der Waals surface area contributed by atoms with Crippen molar-refractivity contribution in [3.63, 3.8) is 0 Å². The summed E-state index contributed by atoms with van der Waals surface area (Å²) in [6.45, 7) is 0. The summed E-state index contributed by atoms with van der Waals surface area (Å²) >= 11 is 5.42. The number of phenolic OH excluding ortho intramolecular Hbond substituents is 1. The molecule has 3 N–H and O–H groups in total. The van der Waals surface area contributed by atoms with Crippen molar-refractivity contribution in [2.75, 3.05) is 5.88 Å². The summed E-state index contributed by atoms with van der Waals surface area (Å²) < 4.78 is 0. The van der Waals surface area contributed by atoms with E-state index in [0.717, 1.165) is 12.1 Å². The molecular weight excluding hydrogens is 250 g/mol. The molecule has 0 aromatic heterocycles. The SMILES string of the molecule is O=[N+]([O-])c1cc(C(O)C(O)CCCl)ccc1O. The minimum absolute atomic E-state index is 0.159. The van der Waals surface area contributed by atoms with Gasteiger partial charge >= 0.3 is 5.69 Å². The van der Waals surface area contributed by atoms with Gasteiger partial charge in [0.05, 0.1) is 11.0 Å². The van der Waals surface area contributed by atoms with Gasteiger partial charge in [0, 0.05) is 11.9 Å². The molecule has 0 spiro atoms. The van der Waals surface area contributed by atoms with E-state index < -0.39 is 28.6 Å². The minimum Gasteiger partial charge on any atom is -0.502 e. The monoisotopic (exact) mass is 261 g/mol. The first-order valence-corrected chi connectivity index (χ1v) is 5.40. The first-order valence-electron chi connectivity index (χ1n) is 4.86. The highest BCUT2D eigenvalue weighted by molar-refractivity contribution is 6.17. The molecule has 2 unspecified atom stereocenters. The van der Waals surface area contributed by atoms with E-state index in [1.807, 2.05) is 0 Å². The fraction of sp³-hybridized carbons (Fsp3) is 0.400. The summed E-state index contributed by atoms with van der Waals surface area (Å²) in [5.74, 6) is -0.323. The van der Waals surface area contributed by atoms with Crippen LogP contribution in [0, 0.1) is 10.1 Å². The summed E-state index contributed by atoms with van der Waals surface area (Å²) in [4.78, 5) is 9.81. The Bertz CT molecular complexity index is 412. The minimum atomic E-state index is -1.27. The number of aliphatic hydroxyl groups excluding tert-OH is 2. The topological polar surface area (TPSA) is 104 Å². The van der Waals surface area contributed by atoms with E-state index in [2.05, 4.69) is 0 Å². The highest BCUT2D eigenvalue weighted by Gasteiger charge is 2.22. The Morgan fingerprint density at radius 1 is 1.41 bits per heavy atom. The highest BCUT2D eigenvalue weighted by atomic mass is 35.5. The van der Waals surface area contributed by atoms with Gasteiger partial charge in [-0.25, -0.2) is 0 Å². The maximum absolute atomic E-state index is 10.6. The lowest BCUT2D eigenvalue weighted by Crippen LogP contribution is -2.18. The van der Waals surface area contributed by atoms with Gasteiger partial charge in [-0.3, -0.25) is 10.1 Å². The second-order valence-corrected chi connectivity index (χ2v) is 3.87. The Labute approximate surface area is 102 Å². The van der Waals surface area contributed by atoms with Crippen molar-refractivity contribution in [1.82, 2.24) is 0 Å². The first kappa shape index (κ1) is 13.7. The molecule has 7 heteroatoms. The van der Waals surface area contributed by atoms with Crippen LogP contribution < -0.4 is 0 Å². The molecule has 94 valence electrons. The first-order chi connectivity index (χ1) is 7.97. The molecule has 0 amide bonds. The second-order valence-electron chi connectivity index (χ2n) is 3.50. The van der Waals surface area contributed by atoms with Gasteiger partial charge in [0.25, 0.3) is 0 Å². The van der Waals surface area contributed by atoms with E-state index in [4.69, 9.17) is 11.6 Å². The van der Waals surface area contributed by atoms with Gasteiger partial charge in [-0.05, 0) is 18.1 Å². The van der Waals surface area contributed by atoms with Crippen LogP contribution in [-0.4, -0.2) is 32.2 Å². The van der Waals surface area contributed by atoms with Crippen LogP contribution in [0.1, 0.15) is 18.1 Å². The quantitative estimate of drug-likeness (QED) is 0.421. The number of nitro benzene ring substituents is 1. The standard InChI is InChI=1S/C10H12ClNO5/c11-4-3-9(14)10(15)6-1-2-8(13)7(5-6)12(16)17/h1-2,5,9-10,13-15H,3-4H2. The van der Waals surface area contributed by atoms with Crippen LogP contribution in [0.3, 0.4) is 0 Å². The van der Waals surface area contributed by atoms with Crippen LogP contribution in [0.4, 0.5) is 5.69 Å². The van der Waals surface area contributed by atoms with Crippen LogP contribution in [0.15, 0.2) is 18.2 Å². The van der Waals surface area contributed by atoms with Crippen LogP contribution >= 0.6 is 11.6 Å². The number of halogens is 1. The molecule has 0 saturated carbocycles. The molecule has 0 fully saturated rings. The Morgan fingerprint density at radius 2 is 2.06 bits per heavy atom. The van der Waals surface area contributed by atoms with Crippen LogP contribution in [0.5, 0.6) is 5.75 Å². The molecule has 6 nitrogen and oxygen atoms in total. The number of hydrogen-bond acceptors (Lipinski definition) is 5. The molecule has 0 aliphatic carbocycles. The maximum Gasteiger partial charge on any atom is 0.311 e. The zero-order valence-corrected chi connectivity index (χ0v) is 9.54. The molecule has 0 radical (unpaired) electrons. The number of alkyl halides is 1. The number of benzene rings is 1. The van der Waals surface area contributed by atoms with E-state index in [-0.39, 0.29) is 17.9 Å². The number of aromatic hydroxyl groups is 1. The number of aliphatic hydroxyl groups is 2. The van der Waals surface area contributed by atoms with Crippen molar-refractivity contribution >= 4 is 17.3 Å². The van der Waals surface area contributed by atoms with Gasteiger partial charge in [-0.2, -0.15) is 0 Å². The summed E-state index contributed by atoms with van der Waals surface area (Å²) in [6, 6.07) is 3.44. The molecule has 1 aromatic carbocycles. The molecule has 0 bridgehead atoms. The average molecular weight is 262 g/mol. The van der Waals surface area contributed by atoms with E-state index in [0.29, 0.717) is 0 Å². The second kappa shape index (κ2) is 5.81. The number of rotatable bonds is 5. The Morgan fingerprint density at radius 3 is 2.59 bits per heavy atom. The van der Waals surface area contributed by atoms with E-state index in [1.54, 1.807) is 0 Å². The van der Waals surface area contributed by atoms with E-state index >= 15 is 0 Å². The highest BCUT2D eigenvalue weighted by Crippen LogP contribution is 2.30. The van der Waals surface area contributed by atoms with Gasteiger partial charge in [0.15, 0.2) is 5.75 Å². The molecule has 1 rings (SSSR count). The number of nitrogens with zero attached hydrogens (tertiary/aromatic N) is 1. The zero-order valence-electron chi connectivity index (χ0n) is 8.78. The third kappa shape index (κ3) is 3.29. The molecule has 0 saturated heterocycles. The van der Waals surface area contributed by atoms with Crippen LogP contribution in [0.25, 0.3) is 0 Å². The fourth-order valence-corrected chi connectivity index (χ4v) is 1.59. The number of phenols is 1. The Balaban J connectivity index is 2.99. The smallest absolute Gasteiger partial charge is 0.311 e. The fourth-order valence-electron chi connectivity index (χ4n) is 1.36. The van der Waals surface area contributed by atoms with Crippen molar-refractivity contribution in [3.05, 3.63) is 33.9 Å². The van der Waals surface area contributed by atoms with Crippen LogP contribution in [0.2, 0.25) is 0 Å². The van der Waals surface area contributed by atoms with E-state index in [1.165, 1.54) is 6.07 Å². The summed E-state index contributed by atoms with van der Waals surface area (Å²) in [5.41, 5.74) is -0.355. The largest absolute Gasteiger partial charge is 0.502 e. The van der Waals surface area contributed by atoms with Crippen molar-refractivity contribution in [3.8, 4) is 5.75 Å². The predicted octanol–water partition coefficient (Wildman–Crippen LogP) is 1.32. The zero-order chi connectivity index (χ0) is 13.0. The normalized spacial score (nSPS) is 14.3. The molecule has 17 heavy (non-hydrogen) atoms. The lowest BCUT2D eigenvalue weighted by atomic mass is 10.0. The predicted molar refractivity (Wildman–Crippen MR) is 61.1 cm³/mol. The summed E-state index contributed by atoms with van der Waals surface area (Å²) in [5, 5.41) is 39.0. The number of hydrogen-bond donors (Lipinski definition) is 3. The van der Waals surface area contributed by atoms with Gasteiger partial charge in [-0.1, -0.05) is 6.07 Å². The van der Waals surface area contributed by atoms with Crippen molar-refractivity contribution in [2.24, 2.45) is 0 Å². The number of nitro groups is 1. The van der Waals surface area contributed by atoms with E-state index in [9.17, 15) is 25.4 Å². The van der Waals surface area contributed by atoms with Crippen molar-refractivity contribution < 1.29 is 20.2 Å². The van der Waals surface area contributed by atoms with Crippen molar-refractivity contribution in [1.29, 1.82) is 0 Å². The maximum atomic E-state index is 10.6. The average Bonchev–Trinajstić information content (AvgIpc) is 2.28. The molecule has 2 atom stereocenters. The summed E-state index contributed by atoms with van der Waals surface area (Å²) in [7, 11) is 0. The third-order valence-corrected chi connectivity index (χ3v) is 2.53.